The zero-order valence-electron chi connectivity index (χ0n) is 11.1. The SMILES string of the molecule is C=CCN(C(=O)N(CCC(=O)O)C1CC1)C(C)C. The van der Waals surface area contributed by atoms with E-state index in [-0.39, 0.29) is 24.5 Å². The first-order valence-electron chi connectivity index (χ1n) is 6.37. The molecule has 0 bridgehead atoms. The highest BCUT2D eigenvalue weighted by Gasteiger charge is 2.35. The van der Waals surface area contributed by atoms with Gasteiger partial charge in [0.15, 0.2) is 0 Å². The summed E-state index contributed by atoms with van der Waals surface area (Å²) in [6.07, 6.45) is 3.65. The zero-order chi connectivity index (χ0) is 13.7. The lowest BCUT2D eigenvalue weighted by molar-refractivity contribution is -0.137. The number of carbonyl (C=O) groups excluding carboxylic acids is 1. The summed E-state index contributed by atoms with van der Waals surface area (Å²) in [5.74, 6) is -0.867. The van der Waals surface area contributed by atoms with Crippen LogP contribution in [0.5, 0.6) is 0 Å². The molecule has 2 amide bonds. The highest BCUT2D eigenvalue weighted by Crippen LogP contribution is 2.28. The van der Waals surface area contributed by atoms with Crippen molar-refractivity contribution in [2.45, 2.75) is 45.2 Å². The van der Waals surface area contributed by atoms with E-state index >= 15 is 0 Å². The van der Waals surface area contributed by atoms with Gasteiger partial charge in [-0.15, -0.1) is 6.58 Å². The van der Waals surface area contributed by atoms with Crippen LogP contribution in [0.1, 0.15) is 33.1 Å². The fourth-order valence-electron chi connectivity index (χ4n) is 1.85. The van der Waals surface area contributed by atoms with E-state index in [2.05, 4.69) is 6.58 Å². The largest absolute Gasteiger partial charge is 0.481 e. The second-order valence-electron chi connectivity index (χ2n) is 4.89. The minimum atomic E-state index is -0.867. The number of rotatable bonds is 7. The molecule has 0 aliphatic heterocycles. The van der Waals surface area contributed by atoms with Gasteiger partial charge in [0.1, 0.15) is 0 Å². The molecule has 0 aromatic rings. The van der Waals surface area contributed by atoms with Crippen LogP contribution in [0.15, 0.2) is 12.7 Å². The average Bonchev–Trinajstić information content (AvgIpc) is 3.09. The topological polar surface area (TPSA) is 60.9 Å². The van der Waals surface area contributed by atoms with Crippen molar-refractivity contribution in [3.8, 4) is 0 Å². The highest BCUT2D eigenvalue weighted by molar-refractivity contribution is 5.76. The number of nitrogens with zero attached hydrogens (tertiary/aromatic N) is 2. The van der Waals surface area contributed by atoms with Gasteiger partial charge >= 0.3 is 12.0 Å². The van der Waals surface area contributed by atoms with Gasteiger partial charge in [-0.3, -0.25) is 4.79 Å². The van der Waals surface area contributed by atoms with Gasteiger partial charge in [0.05, 0.1) is 6.42 Å². The molecule has 1 N–H and O–H groups in total. The number of amides is 2. The number of carboxylic acid groups (broad SMARTS) is 1. The molecule has 0 aromatic heterocycles. The molecule has 1 aliphatic rings. The Labute approximate surface area is 108 Å². The van der Waals surface area contributed by atoms with Gasteiger partial charge in [-0.05, 0) is 26.7 Å². The summed E-state index contributed by atoms with van der Waals surface area (Å²) in [5, 5.41) is 8.73. The molecule has 0 atom stereocenters. The Balaban J connectivity index is 2.67. The third-order valence-electron chi connectivity index (χ3n) is 2.99. The van der Waals surface area contributed by atoms with Gasteiger partial charge in [0.25, 0.3) is 0 Å². The Morgan fingerprint density at radius 1 is 1.44 bits per heavy atom. The van der Waals surface area contributed by atoms with Crippen LogP contribution < -0.4 is 0 Å². The molecule has 1 aliphatic carbocycles. The van der Waals surface area contributed by atoms with Gasteiger partial charge in [0.2, 0.25) is 0 Å². The summed E-state index contributed by atoms with van der Waals surface area (Å²) in [5.41, 5.74) is 0. The molecule has 5 heteroatoms. The fraction of sp³-hybridized carbons (Fsp3) is 0.692. The minimum Gasteiger partial charge on any atom is -0.481 e. The van der Waals surface area contributed by atoms with E-state index in [0.29, 0.717) is 13.1 Å². The first kappa shape index (κ1) is 14.5. The van der Waals surface area contributed by atoms with Gasteiger partial charge in [-0.25, -0.2) is 4.79 Å². The monoisotopic (exact) mass is 254 g/mol. The van der Waals surface area contributed by atoms with Crippen LogP contribution in [0, 0.1) is 0 Å². The third kappa shape index (κ3) is 4.05. The lowest BCUT2D eigenvalue weighted by Crippen LogP contribution is -2.48. The first-order chi connectivity index (χ1) is 8.47. The van der Waals surface area contributed by atoms with Gasteiger partial charge in [0, 0.05) is 25.2 Å². The third-order valence-corrected chi connectivity index (χ3v) is 2.99. The summed E-state index contributed by atoms with van der Waals surface area (Å²) in [4.78, 5) is 26.4. The average molecular weight is 254 g/mol. The first-order valence-corrected chi connectivity index (χ1v) is 6.37. The maximum atomic E-state index is 12.4. The second kappa shape index (κ2) is 6.42. The Bertz CT molecular complexity index is 324. The number of hydrogen-bond donors (Lipinski definition) is 1. The zero-order valence-corrected chi connectivity index (χ0v) is 11.1. The van der Waals surface area contributed by atoms with Crippen LogP contribution in [0.25, 0.3) is 0 Å². The number of carboxylic acids is 1. The van der Waals surface area contributed by atoms with Crippen LogP contribution in [0.2, 0.25) is 0 Å². The van der Waals surface area contributed by atoms with E-state index in [1.807, 2.05) is 13.8 Å². The summed E-state index contributed by atoms with van der Waals surface area (Å²) in [6.45, 7) is 8.33. The van der Waals surface area contributed by atoms with Gasteiger partial charge in [-0.2, -0.15) is 0 Å². The van der Waals surface area contributed by atoms with Crippen LogP contribution in [0.3, 0.4) is 0 Å². The summed E-state index contributed by atoms with van der Waals surface area (Å²) >= 11 is 0. The van der Waals surface area contributed by atoms with Crippen LogP contribution in [-0.2, 0) is 4.79 Å². The standard InChI is InChI=1S/C13H22N2O3/c1-4-8-14(10(2)3)13(18)15(11-5-6-11)9-7-12(16)17/h4,10-11H,1,5-9H2,2-3H3,(H,16,17). The quantitative estimate of drug-likeness (QED) is 0.706. The van der Waals surface area contributed by atoms with E-state index < -0.39 is 5.97 Å². The molecule has 0 radical (unpaired) electrons. The predicted molar refractivity (Wildman–Crippen MR) is 69.4 cm³/mol. The van der Waals surface area contributed by atoms with E-state index in [1.54, 1.807) is 15.9 Å². The molecule has 102 valence electrons. The van der Waals surface area contributed by atoms with Crippen LogP contribution in [-0.4, -0.2) is 52.1 Å². The molecule has 0 aromatic carbocycles. The van der Waals surface area contributed by atoms with Crippen molar-refractivity contribution in [1.82, 2.24) is 9.80 Å². The molecule has 1 rings (SSSR count). The highest BCUT2D eigenvalue weighted by atomic mass is 16.4. The molecule has 0 saturated heterocycles. The Hall–Kier alpha value is -1.52. The van der Waals surface area contributed by atoms with Crippen LogP contribution in [0.4, 0.5) is 4.79 Å². The number of urea groups is 1. The fourth-order valence-corrected chi connectivity index (χ4v) is 1.85. The molecule has 1 fully saturated rings. The summed E-state index contributed by atoms with van der Waals surface area (Å²) < 4.78 is 0. The van der Waals surface area contributed by atoms with E-state index in [1.165, 1.54) is 0 Å². The van der Waals surface area contributed by atoms with E-state index in [9.17, 15) is 9.59 Å². The van der Waals surface area contributed by atoms with Crippen molar-refractivity contribution in [3.05, 3.63) is 12.7 Å². The van der Waals surface area contributed by atoms with Crippen molar-refractivity contribution in [2.75, 3.05) is 13.1 Å². The molecule has 1 saturated carbocycles. The minimum absolute atomic E-state index is 0.00225. The predicted octanol–water partition coefficient (Wildman–Crippen LogP) is 1.94. The molecule has 0 spiro atoms. The van der Waals surface area contributed by atoms with Crippen LogP contribution >= 0.6 is 0 Å². The van der Waals surface area contributed by atoms with Crippen molar-refractivity contribution < 1.29 is 14.7 Å². The lowest BCUT2D eigenvalue weighted by atomic mass is 10.3. The van der Waals surface area contributed by atoms with Gasteiger partial charge in [-0.1, -0.05) is 6.08 Å². The Morgan fingerprint density at radius 3 is 2.44 bits per heavy atom. The second-order valence-corrected chi connectivity index (χ2v) is 4.89. The Morgan fingerprint density at radius 2 is 2.06 bits per heavy atom. The summed E-state index contributed by atoms with van der Waals surface area (Å²) in [6, 6.07) is 0.234. The maximum Gasteiger partial charge on any atom is 0.320 e. The van der Waals surface area contributed by atoms with E-state index in [0.717, 1.165) is 12.8 Å². The number of carbonyl (C=O) groups is 2. The molecular weight excluding hydrogens is 232 g/mol. The lowest BCUT2D eigenvalue weighted by Gasteiger charge is -2.32. The molecule has 0 unspecified atom stereocenters. The van der Waals surface area contributed by atoms with Crippen molar-refractivity contribution in [2.24, 2.45) is 0 Å². The molecule has 18 heavy (non-hydrogen) atoms. The van der Waals surface area contributed by atoms with E-state index in [4.69, 9.17) is 5.11 Å². The van der Waals surface area contributed by atoms with Crippen molar-refractivity contribution in [1.29, 1.82) is 0 Å². The normalized spacial score (nSPS) is 14.4. The molecule has 0 heterocycles. The maximum absolute atomic E-state index is 12.4. The molecular formula is C13H22N2O3. The van der Waals surface area contributed by atoms with Crippen molar-refractivity contribution in [3.63, 3.8) is 0 Å². The Kier molecular flexibility index (Phi) is 5.19. The smallest absolute Gasteiger partial charge is 0.320 e. The number of hydrogen-bond acceptors (Lipinski definition) is 2. The number of aliphatic carboxylic acids is 1. The summed E-state index contributed by atoms with van der Waals surface area (Å²) in [7, 11) is 0. The van der Waals surface area contributed by atoms with Crippen molar-refractivity contribution >= 4 is 12.0 Å². The molecule has 5 nitrogen and oxygen atoms in total. The van der Waals surface area contributed by atoms with Gasteiger partial charge < -0.3 is 14.9 Å².